The smallest absolute Gasteiger partial charge is 0.253 e. The van der Waals surface area contributed by atoms with Crippen molar-refractivity contribution in [2.75, 3.05) is 25.0 Å². The Bertz CT molecular complexity index is 1100. The van der Waals surface area contributed by atoms with Crippen LogP contribution in [-0.2, 0) is 6.42 Å². The van der Waals surface area contributed by atoms with Crippen LogP contribution in [0.25, 0.3) is 0 Å². The highest BCUT2D eigenvalue weighted by Crippen LogP contribution is 2.41. The molecule has 0 radical (unpaired) electrons. The van der Waals surface area contributed by atoms with E-state index >= 15 is 0 Å². The molecular weight excluding hydrogens is 442 g/mol. The maximum absolute atomic E-state index is 12.8. The first-order valence-electron chi connectivity index (χ1n) is 13.6. The second-order valence-corrected chi connectivity index (χ2v) is 10.5. The number of carbonyl (C=O) groups excluding carboxylic acids is 1. The van der Waals surface area contributed by atoms with Gasteiger partial charge in [0.05, 0.1) is 0 Å². The molecule has 2 aliphatic rings. The molecule has 3 aromatic carbocycles. The van der Waals surface area contributed by atoms with Crippen molar-refractivity contribution >= 4 is 17.3 Å². The molecule has 0 N–H and O–H groups in total. The molecule has 36 heavy (non-hydrogen) atoms. The second-order valence-electron chi connectivity index (χ2n) is 10.5. The lowest BCUT2D eigenvalue weighted by Gasteiger charge is -2.44. The van der Waals surface area contributed by atoms with Crippen LogP contribution in [0.1, 0.15) is 54.9 Å². The average Bonchev–Trinajstić information content (AvgIpc) is 3.16. The van der Waals surface area contributed by atoms with Gasteiger partial charge in [0.25, 0.3) is 5.91 Å². The van der Waals surface area contributed by atoms with Crippen molar-refractivity contribution in [3.05, 3.63) is 96.1 Å². The van der Waals surface area contributed by atoms with Crippen molar-refractivity contribution in [1.29, 1.82) is 0 Å². The quantitative estimate of drug-likeness (QED) is 0.347. The zero-order valence-electron chi connectivity index (χ0n) is 21.7. The van der Waals surface area contributed by atoms with Gasteiger partial charge in [-0.2, -0.15) is 0 Å². The Morgan fingerprint density at radius 2 is 1.42 bits per heavy atom. The lowest BCUT2D eigenvalue weighted by atomic mass is 9.94. The van der Waals surface area contributed by atoms with E-state index in [-0.39, 0.29) is 5.91 Å². The molecule has 4 heteroatoms. The largest absolute Gasteiger partial charge is 0.342 e. The van der Waals surface area contributed by atoms with Gasteiger partial charge in [-0.1, -0.05) is 55.5 Å². The summed E-state index contributed by atoms with van der Waals surface area (Å²) in [5.41, 5.74) is 4.61. The molecule has 3 atom stereocenters. The lowest BCUT2D eigenvalue weighted by Crippen LogP contribution is -2.50. The molecule has 2 fully saturated rings. The third-order valence-electron chi connectivity index (χ3n) is 8.06. The molecule has 2 saturated heterocycles. The van der Waals surface area contributed by atoms with Gasteiger partial charge >= 0.3 is 0 Å². The molecule has 1 amide bonds. The number of anilines is 2. The summed E-state index contributed by atoms with van der Waals surface area (Å²) >= 11 is 0. The summed E-state index contributed by atoms with van der Waals surface area (Å²) < 4.78 is 0. The predicted octanol–water partition coefficient (Wildman–Crippen LogP) is 6.54. The summed E-state index contributed by atoms with van der Waals surface area (Å²) in [5, 5.41) is 0. The van der Waals surface area contributed by atoms with Gasteiger partial charge in [-0.25, -0.2) is 0 Å². The Labute approximate surface area is 216 Å². The van der Waals surface area contributed by atoms with Crippen LogP contribution < -0.4 is 4.90 Å². The van der Waals surface area contributed by atoms with Gasteiger partial charge < -0.3 is 9.80 Å². The first kappa shape index (κ1) is 24.6. The van der Waals surface area contributed by atoms with Crippen LogP contribution in [0.2, 0.25) is 0 Å². The van der Waals surface area contributed by atoms with Gasteiger partial charge in [0.1, 0.15) is 0 Å². The number of piperidine rings is 1. The number of benzene rings is 3. The number of amides is 1. The Hall–Kier alpha value is -3.11. The van der Waals surface area contributed by atoms with E-state index in [4.69, 9.17) is 0 Å². The van der Waals surface area contributed by atoms with Crippen molar-refractivity contribution < 1.29 is 4.79 Å². The highest BCUT2D eigenvalue weighted by atomic mass is 16.2. The van der Waals surface area contributed by atoms with E-state index in [1.54, 1.807) is 0 Å². The van der Waals surface area contributed by atoms with E-state index in [0.717, 1.165) is 31.5 Å². The molecular formula is C32H39N3O. The van der Waals surface area contributed by atoms with Crippen LogP contribution in [0.4, 0.5) is 11.4 Å². The van der Waals surface area contributed by atoms with Crippen molar-refractivity contribution in [1.82, 2.24) is 9.80 Å². The highest BCUT2D eigenvalue weighted by molar-refractivity contribution is 5.94. The molecule has 0 spiro atoms. The summed E-state index contributed by atoms with van der Waals surface area (Å²) in [6.45, 7) is 4.03. The zero-order valence-corrected chi connectivity index (χ0v) is 21.7. The van der Waals surface area contributed by atoms with Gasteiger partial charge in [-0.3, -0.25) is 9.69 Å². The van der Waals surface area contributed by atoms with Crippen LogP contribution in [0.15, 0.2) is 84.9 Å². The van der Waals surface area contributed by atoms with E-state index in [0.29, 0.717) is 18.1 Å². The topological polar surface area (TPSA) is 26.8 Å². The Balaban J connectivity index is 1.34. The minimum atomic E-state index is 0.0967. The van der Waals surface area contributed by atoms with Gasteiger partial charge in [0.2, 0.25) is 0 Å². The molecule has 3 aromatic rings. The van der Waals surface area contributed by atoms with E-state index in [9.17, 15) is 4.79 Å². The maximum atomic E-state index is 12.8. The number of para-hydroxylation sites is 1. The number of hydrogen-bond acceptors (Lipinski definition) is 3. The Morgan fingerprint density at radius 1 is 0.833 bits per heavy atom. The Kier molecular flexibility index (Phi) is 7.72. The average molecular weight is 482 g/mol. The minimum absolute atomic E-state index is 0.0967. The van der Waals surface area contributed by atoms with E-state index < -0.39 is 0 Å². The third-order valence-corrected chi connectivity index (χ3v) is 8.06. The fraction of sp³-hybridized carbons (Fsp3) is 0.406. The van der Waals surface area contributed by atoms with Gasteiger partial charge in [-0.15, -0.1) is 0 Å². The standard InChI is InChI=1S/C32H39N3O/c1-3-21-33(2)32(36)26-14-16-28(17-15-26)35(27-12-8-5-9-13-27)31-23-29-18-19-30(24-31)34(29)22-20-25-10-6-4-7-11-25/h4-17,29-31H,3,18-24H2,1-2H3/t29-,30+,31?. The van der Waals surface area contributed by atoms with E-state index in [1.165, 1.54) is 42.6 Å². The molecule has 0 aromatic heterocycles. The summed E-state index contributed by atoms with van der Waals surface area (Å²) in [4.78, 5) is 19.9. The molecule has 1 unspecified atom stereocenters. The molecule has 0 aliphatic carbocycles. The number of nitrogens with zero attached hydrogens (tertiary/aromatic N) is 3. The highest BCUT2D eigenvalue weighted by Gasteiger charge is 2.42. The molecule has 0 saturated carbocycles. The van der Waals surface area contributed by atoms with E-state index in [1.807, 2.05) is 24.1 Å². The molecule has 4 nitrogen and oxygen atoms in total. The van der Waals surface area contributed by atoms with Crippen molar-refractivity contribution in [3.8, 4) is 0 Å². The summed E-state index contributed by atoms with van der Waals surface area (Å²) in [5.74, 6) is 0.0967. The fourth-order valence-corrected chi connectivity index (χ4v) is 6.31. The Morgan fingerprint density at radius 3 is 2.03 bits per heavy atom. The lowest BCUT2D eigenvalue weighted by molar-refractivity contribution is 0.0795. The van der Waals surface area contributed by atoms with Crippen LogP contribution in [0.3, 0.4) is 0 Å². The maximum Gasteiger partial charge on any atom is 0.253 e. The van der Waals surface area contributed by atoms with Gasteiger partial charge in [-0.05, 0) is 80.5 Å². The van der Waals surface area contributed by atoms with Crippen molar-refractivity contribution in [2.45, 2.75) is 63.6 Å². The number of hydrogen-bond donors (Lipinski definition) is 0. The normalized spacial score (nSPS) is 21.3. The summed E-state index contributed by atoms with van der Waals surface area (Å²) in [7, 11) is 1.89. The first-order valence-corrected chi connectivity index (χ1v) is 13.6. The molecule has 2 bridgehead atoms. The predicted molar refractivity (Wildman–Crippen MR) is 149 cm³/mol. The monoisotopic (exact) mass is 481 g/mol. The van der Waals surface area contributed by atoms with Gasteiger partial charge in [0.15, 0.2) is 0 Å². The SMILES string of the molecule is CCCN(C)C(=O)c1ccc(N(c2ccccc2)C2C[C@H]3CC[C@@H](C2)N3CCc2ccccc2)cc1. The first-order chi connectivity index (χ1) is 17.6. The fourth-order valence-electron chi connectivity index (χ4n) is 6.31. The van der Waals surface area contributed by atoms with E-state index in [2.05, 4.69) is 89.5 Å². The molecule has 188 valence electrons. The number of rotatable bonds is 9. The summed E-state index contributed by atoms with van der Waals surface area (Å²) in [6.07, 6.45) is 7.06. The molecule has 2 aliphatic heterocycles. The second kappa shape index (κ2) is 11.3. The van der Waals surface area contributed by atoms with Crippen LogP contribution >= 0.6 is 0 Å². The number of fused-ring (bicyclic) bond motifs is 2. The molecule has 5 rings (SSSR count). The number of carbonyl (C=O) groups is 1. The summed E-state index contributed by atoms with van der Waals surface area (Å²) in [6, 6.07) is 31.7. The van der Waals surface area contributed by atoms with Crippen LogP contribution in [0, 0.1) is 0 Å². The van der Waals surface area contributed by atoms with Crippen LogP contribution in [0.5, 0.6) is 0 Å². The van der Waals surface area contributed by atoms with Crippen LogP contribution in [-0.4, -0.2) is 54.0 Å². The van der Waals surface area contributed by atoms with Crippen molar-refractivity contribution in [2.24, 2.45) is 0 Å². The molecule has 2 heterocycles. The third kappa shape index (κ3) is 5.34. The minimum Gasteiger partial charge on any atom is -0.342 e. The van der Waals surface area contributed by atoms with Gasteiger partial charge in [0, 0.05) is 55.2 Å². The zero-order chi connectivity index (χ0) is 24.9. The van der Waals surface area contributed by atoms with Crippen molar-refractivity contribution in [3.63, 3.8) is 0 Å².